The first-order valence-electron chi connectivity index (χ1n) is 4.91. The number of ether oxygens (including phenoxy) is 1. The van der Waals surface area contributed by atoms with E-state index in [4.69, 9.17) is 4.74 Å². The Bertz CT molecular complexity index is 637. The minimum absolute atomic E-state index is 0.0160. The third-order valence-electron chi connectivity index (χ3n) is 2.23. The smallest absolute Gasteiger partial charge is 0.265 e. The summed E-state index contributed by atoms with van der Waals surface area (Å²) in [5, 5.41) is 15.6. The van der Waals surface area contributed by atoms with E-state index in [-0.39, 0.29) is 16.3 Å². The van der Waals surface area contributed by atoms with E-state index in [9.17, 15) is 13.5 Å². The van der Waals surface area contributed by atoms with Crippen LogP contribution in [-0.4, -0.2) is 30.8 Å². The van der Waals surface area contributed by atoms with Crippen LogP contribution in [-0.2, 0) is 10.0 Å². The fourth-order valence-corrected chi connectivity index (χ4v) is 2.29. The maximum atomic E-state index is 11.9. The van der Waals surface area contributed by atoms with Gasteiger partial charge in [-0.25, -0.2) is 8.42 Å². The van der Waals surface area contributed by atoms with Crippen molar-refractivity contribution in [2.75, 3.05) is 11.8 Å². The molecule has 1 aromatic heterocycles. The fourth-order valence-electron chi connectivity index (χ4n) is 1.31. The number of phenols is 1. The lowest BCUT2D eigenvalue weighted by molar-refractivity contribution is 0.408. The summed E-state index contributed by atoms with van der Waals surface area (Å²) in [5.41, 5.74) is 0.0667. The normalized spacial score (nSPS) is 11.2. The van der Waals surface area contributed by atoms with Crippen LogP contribution in [0.25, 0.3) is 0 Å². The Kier molecular flexibility index (Phi) is 3.11. The topological polar surface area (TPSA) is 104 Å². The van der Waals surface area contributed by atoms with Crippen LogP contribution in [0.2, 0.25) is 0 Å². The zero-order valence-corrected chi connectivity index (χ0v) is 10.2. The van der Waals surface area contributed by atoms with Gasteiger partial charge in [0.05, 0.1) is 19.0 Å². The molecule has 0 bridgehead atoms. The van der Waals surface area contributed by atoms with Crippen molar-refractivity contribution in [3.05, 3.63) is 30.6 Å². The van der Waals surface area contributed by atoms with Gasteiger partial charge in [-0.2, -0.15) is 5.10 Å². The van der Waals surface area contributed by atoms with Crippen molar-refractivity contribution >= 4 is 15.7 Å². The molecule has 0 spiro atoms. The van der Waals surface area contributed by atoms with Crippen LogP contribution in [0.3, 0.4) is 0 Å². The molecule has 18 heavy (non-hydrogen) atoms. The van der Waals surface area contributed by atoms with E-state index in [0.717, 1.165) is 0 Å². The molecule has 2 aromatic rings. The number of methoxy groups -OCH3 is 1. The molecular weight excluding hydrogens is 258 g/mol. The first kappa shape index (κ1) is 12.2. The van der Waals surface area contributed by atoms with Gasteiger partial charge >= 0.3 is 0 Å². The number of H-pyrrole nitrogens is 1. The molecule has 0 fully saturated rings. The number of aromatic amines is 1. The van der Waals surface area contributed by atoms with Crippen LogP contribution in [0.15, 0.2) is 35.5 Å². The van der Waals surface area contributed by atoms with Gasteiger partial charge in [0.1, 0.15) is 16.4 Å². The molecule has 0 unspecified atom stereocenters. The Balaban J connectivity index is 2.30. The number of nitrogens with zero attached hydrogens (tertiary/aromatic N) is 1. The number of nitrogens with one attached hydrogen (secondary N) is 2. The van der Waals surface area contributed by atoms with Gasteiger partial charge in [-0.3, -0.25) is 9.82 Å². The second-order valence-corrected chi connectivity index (χ2v) is 5.10. The Labute approximate surface area is 103 Å². The van der Waals surface area contributed by atoms with Gasteiger partial charge in [-0.05, 0) is 12.1 Å². The molecule has 0 saturated heterocycles. The molecular formula is C10H11N3O4S. The van der Waals surface area contributed by atoms with E-state index >= 15 is 0 Å². The Hall–Kier alpha value is -2.22. The molecule has 0 atom stereocenters. The van der Waals surface area contributed by atoms with Gasteiger partial charge in [-0.15, -0.1) is 0 Å². The average molecular weight is 269 g/mol. The van der Waals surface area contributed by atoms with E-state index in [0.29, 0.717) is 5.75 Å². The molecule has 0 amide bonds. The summed E-state index contributed by atoms with van der Waals surface area (Å²) in [6.45, 7) is 0. The Morgan fingerprint density at radius 1 is 1.44 bits per heavy atom. The van der Waals surface area contributed by atoms with Crippen LogP contribution < -0.4 is 9.46 Å². The van der Waals surface area contributed by atoms with Crippen molar-refractivity contribution in [1.29, 1.82) is 0 Å². The molecule has 0 aliphatic rings. The van der Waals surface area contributed by atoms with Crippen LogP contribution in [0.1, 0.15) is 0 Å². The predicted molar refractivity (Wildman–Crippen MR) is 64.1 cm³/mol. The molecule has 2 rings (SSSR count). The van der Waals surface area contributed by atoms with Crippen molar-refractivity contribution in [3.63, 3.8) is 0 Å². The highest BCUT2D eigenvalue weighted by Gasteiger charge is 2.17. The van der Waals surface area contributed by atoms with Crippen molar-refractivity contribution in [2.24, 2.45) is 0 Å². The maximum absolute atomic E-state index is 11.9. The lowest BCUT2D eigenvalue weighted by Crippen LogP contribution is -2.12. The quantitative estimate of drug-likeness (QED) is 0.716. The lowest BCUT2D eigenvalue weighted by atomic mass is 10.3. The summed E-state index contributed by atoms with van der Waals surface area (Å²) in [4.78, 5) is -0.0160. The van der Waals surface area contributed by atoms with Crippen LogP contribution >= 0.6 is 0 Å². The van der Waals surface area contributed by atoms with Crippen LogP contribution in [0.5, 0.6) is 11.5 Å². The van der Waals surface area contributed by atoms with Crippen molar-refractivity contribution in [2.45, 2.75) is 4.90 Å². The van der Waals surface area contributed by atoms with E-state index in [2.05, 4.69) is 14.9 Å². The zero-order valence-electron chi connectivity index (χ0n) is 9.41. The van der Waals surface area contributed by atoms with Crippen molar-refractivity contribution < 1.29 is 18.3 Å². The monoisotopic (exact) mass is 269 g/mol. The van der Waals surface area contributed by atoms with Crippen molar-refractivity contribution in [3.8, 4) is 11.5 Å². The molecule has 3 N–H and O–H groups in total. The van der Waals surface area contributed by atoms with E-state index in [1.165, 1.54) is 37.7 Å². The van der Waals surface area contributed by atoms with E-state index in [1.54, 1.807) is 0 Å². The van der Waals surface area contributed by atoms with Crippen LogP contribution in [0, 0.1) is 0 Å². The molecule has 8 heteroatoms. The highest BCUT2D eigenvalue weighted by Crippen LogP contribution is 2.29. The lowest BCUT2D eigenvalue weighted by Gasteiger charge is -2.09. The fraction of sp³-hybridized carbons (Fsp3) is 0.100. The SMILES string of the molecule is COc1ccc(NS(=O)(=O)c2cn[nH]c2)c(O)c1. The molecule has 1 aromatic carbocycles. The number of phenolic OH excluding ortho intramolecular Hbond substituents is 1. The second-order valence-electron chi connectivity index (χ2n) is 3.42. The second kappa shape index (κ2) is 4.57. The van der Waals surface area contributed by atoms with Gasteiger partial charge in [0.15, 0.2) is 0 Å². The number of rotatable bonds is 4. The number of hydrogen-bond acceptors (Lipinski definition) is 5. The van der Waals surface area contributed by atoms with Gasteiger partial charge in [0.2, 0.25) is 0 Å². The minimum Gasteiger partial charge on any atom is -0.506 e. The summed E-state index contributed by atoms with van der Waals surface area (Å²) < 4.78 is 30.9. The Morgan fingerprint density at radius 2 is 2.22 bits per heavy atom. The van der Waals surface area contributed by atoms with Crippen molar-refractivity contribution in [1.82, 2.24) is 10.2 Å². The van der Waals surface area contributed by atoms with Gasteiger partial charge in [0.25, 0.3) is 10.0 Å². The summed E-state index contributed by atoms with van der Waals surface area (Å²) in [5.74, 6) is 0.208. The summed E-state index contributed by atoms with van der Waals surface area (Å²) >= 11 is 0. The molecule has 0 aliphatic carbocycles. The standard InChI is InChI=1S/C10H11N3O4S/c1-17-7-2-3-9(10(14)4-7)13-18(15,16)8-5-11-12-6-8/h2-6,13-14H,1H3,(H,11,12). The highest BCUT2D eigenvalue weighted by molar-refractivity contribution is 7.92. The maximum Gasteiger partial charge on any atom is 0.265 e. The summed E-state index contributed by atoms with van der Waals surface area (Å²) in [6.07, 6.45) is 2.41. The number of sulfonamides is 1. The molecule has 7 nitrogen and oxygen atoms in total. The summed E-state index contributed by atoms with van der Waals surface area (Å²) in [7, 11) is -2.31. The van der Waals surface area contributed by atoms with Gasteiger partial charge < -0.3 is 9.84 Å². The number of benzene rings is 1. The Morgan fingerprint density at radius 3 is 2.78 bits per heavy atom. The zero-order chi connectivity index (χ0) is 13.2. The predicted octanol–water partition coefficient (Wildman–Crippen LogP) is 0.925. The molecule has 0 radical (unpaired) electrons. The minimum atomic E-state index is -3.76. The van der Waals surface area contributed by atoms with E-state index < -0.39 is 10.0 Å². The third kappa shape index (κ3) is 2.38. The van der Waals surface area contributed by atoms with E-state index in [1.807, 2.05) is 0 Å². The number of aromatic hydroxyl groups is 1. The largest absolute Gasteiger partial charge is 0.506 e. The first-order chi connectivity index (χ1) is 8.53. The first-order valence-corrected chi connectivity index (χ1v) is 6.40. The number of hydrogen-bond donors (Lipinski definition) is 3. The molecule has 1 heterocycles. The number of anilines is 1. The van der Waals surface area contributed by atoms with Crippen LogP contribution in [0.4, 0.5) is 5.69 Å². The van der Waals surface area contributed by atoms with Gasteiger partial charge in [-0.1, -0.05) is 0 Å². The highest BCUT2D eigenvalue weighted by atomic mass is 32.2. The molecule has 0 saturated carbocycles. The molecule has 96 valence electrons. The van der Waals surface area contributed by atoms with Gasteiger partial charge in [0, 0.05) is 12.3 Å². The third-order valence-corrected chi connectivity index (χ3v) is 3.57. The number of aromatic nitrogens is 2. The summed E-state index contributed by atoms with van der Waals surface area (Å²) in [6, 6.07) is 4.26. The molecule has 0 aliphatic heterocycles. The average Bonchev–Trinajstić information content (AvgIpc) is 2.86.